The molecule has 0 radical (unpaired) electrons. The summed E-state index contributed by atoms with van der Waals surface area (Å²) in [6.45, 7) is 1.47. The number of Topliss-reactive ketones (excluding diaryl/α,β-unsaturated/α-hetero) is 1. The van der Waals surface area contributed by atoms with Crippen LogP contribution in [-0.4, -0.2) is 28.0 Å². The summed E-state index contributed by atoms with van der Waals surface area (Å²) in [5.74, 6) is -0.745. The second-order valence-corrected chi connectivity index (χ2v) is 5.50. The zero-order valence-electron chi connectivity index (χ0n) is 10.8. The first kappa shape index (κ1) is 14.3. The number of amidine groups is 1. The lowest BCUT2D eigenvalue weighted by Crippen LogP contribution is -2.33. The number of rotatable bonds is 3. The van der Waals surface area contributed by atoms with Gasteiger partial charge in [-0.15, -0.1) is 0 Å². The van der Waals surface area contributed by atoms with Crippen molar-refractivity contribution in [1.82, 2.24) is 0 Å². The molecule has 0 saturated heterocycles. The third-order valence-corrected chi connectivity index (χ3v) is 3.71. The van der Waals surface area contributed by atoms with Gasteiger partial charge >= 0.3 is 0 Å². The molecule has 3 N–H and O–H groups in total. The number of amides is 2. The van der Waals surface area contributed by atoms with Crippen LogP contribution in [0.4, 0.5) is 5.69 Å². The molecule has 1 aromatic rings. The summed E-state index contributed by atoms with van der Waals surface area (Å²) in [6.07, 6.45) is 0.0305. The van der Waals surface area contributed by atoms with Gasteiger partial charge in [-0.2, -0.15) is 4.99 Å². The Balaban J connectivity index is 2.03. The van der Waals surface area contributed by atoms with Gasteiger partial charge in [0.15, 0.2) is 11.0 Å². The molecule has 2 amide bonds. The van der Waals surface area contributed by atoms with Gasteiger partial charge in [-0.05, 0) is 31.2 Å². The maximum absolute atomic E-state index is 12.0. The molecule has 0 bridgehead atoms. The molecule has 0 spiro atoms. The zero-order valence-corrected chi connectivity index (χ0v) is 11.6. The standard InChI is InChI=1S/C13H13N3O3S/c1-7(17)8-2-4-9(5-3-8)15-12(19)10-6-11(18)16-13(14)20-10/h2-5,10H,6H2,1H3,(H,15,19)(H2,14,16,18)/t10-/m1/s1. The molecular weight excluding hydrogens is 278 g/mol. The fourth-order valence-electron chi connectivity index (χ4n) is 1.70. The Morgan fingerprint density at radius 2 is 2.00 bits per heavy atom. The van der Waals surface area contributed by atoms with Crippen LogP contribution in [0.25, 0.3) is 0 Å². The fraction of sp³-hybridized carbons (Fsp3) is 0.231. The summed E-state index contributed by atoms with van der Waals surface area (Å²) >= 11 is 1.07. The van der Waals surface area contributed by atoms with E-state index in [9.17, 15) is 14.4 Å². The van der Waals surface area contributed by atoms with Gasteiger partial charge < -0.3 is 11.1 Å². The molecule has 1 aliphatic heterocycles. The number of anilines is 1. The van der Waals surface area contributed by atoms with E-state index < -0.39 is 11.2 Å². The number of carbonyl (C=O) groups excluding carboxylic acids is 3. The summed E-state index contributed by atoms with van der Waals surface area (Å²) < 4.78 is 0. The Hall–Kier alpha value is -2.15. The summed E-state index contributed by atoms with van der Waals surface area (Å²) in [5.41, 5.74) is 6.61. The second kappa shape index (κ2) is 5.87. The van der Waals surface area contributed by atoms with E-state index in [2.05, 4.69) is 10.3 Å². The number of carbonyl (C=O) groups is 3. The van der Waals surface area contributed by atoms with E-state index in [0.717, 1.165) is 11.8 Å². The van der Waals surface area contributed by atoms with E-state index in [-0.39, 0.29) is 23.3 Å². The van der Waals surface area contributed by atoms with Crippen molar-refractivity contribution >= 4 is 40.2 Å². The summed E-state index contributed by atoms with van der Waals surface area (Å²) in [7, 11) is 0. The van der Waals surface area contributed by atoms with E-state index in [1.54, 1.807) is 24.3 Å². The Morgan fingerprint density at radius 3 is 2.55 bits per heavy atom. The van der Waals surface area contributed by atoms with Crippen molar-refractivity contribution in [2.45, 2.75) is 18.6 Å². The van der Waals surface area contributed by atoms with Gasteiger partial charge in [0.25, 0.3) is 0 Å². The van der Waals surface area contributed by atoms with Crippen LogP contribution < -0.4 is 11.1 Å². The van der Waals surface area contributed by atoms with Crippen LogP contribution in [0.5, 0.6) is 0 Å². The summed E-state index contributed by atoms with van der Waals surface area (Å²) in [5, 5.41) is 2.21. The Morgan fingerprint density at radius 1 is 1.35 bits per heavy atom. The zero-order chi connectivity index (χ0) is 14.7. The van der Waals surface area contributed by atoms with Crippen molar-refractivity contribution in [2.24, 2.45) is 10.7 Å². The minimum Gasteiger partial charge on any atom is -0.378 e. The van der Waals surface area contributed by atoms with Crippen LogP contribution in [0.15, 0.2) is 29.3 Å². The van der Waals surface area contributed by atoms with Gasteiger partial charge in [0.2, 0.25) is 11.8 Å². The molecule has 2 rings (SSSR count). The van der Waals surface area contributed by atoms with Gasteiger partial charge in [0, 0.05) is 11.3 Å². The number of benzene rings is 1. The molecule has 1 aromatic carbocycles. The number of nitrogens with two attached hydrogens (primary N) is 1. The molecule has 104 valence electrons. The molecule has 0 aromatic heterocycles. The molecule has 1 atom stereocenters. The van der Waals surface area contributed by atoms with E-state index >= 15 is 0 Å². The van der Waals surface area contributed by atoms with Crippen LogP contribution in [0.3, 0.4) is 0 Å². The number of nitrogens with zero attached hydrogens (tertiary/aromatic N) is 1. The molecule has 7 heteroatoms. The molecule has 0 saturated carbocycles. The second-order valence-electron chi connectivity index (χ2n) is 4.28. The Kier molecular flexibility index (Phi) is 4.19. The van der Waals surface area contributed by atoms with Crippen LogP contribution in [0.1, 0.15) is 23.7 Å². The fourth-order valence-corrected chi connectivity index (χ4v) is 2.54. The first-order chi connectivity index (χ1) is 9.45. The quantitative estimate of drug-likeness (QED) is 0.814. The highest BCUT2D eigenvalue weighted by Crippen LogP contribution is 2.22. The van der Waals surface area contributed by atoms with E-state index in [1.807, 2.05) is 0 Å². The minimum atomic E-state index is -0.576. The molecule has 1 aliphatic rings. The predicted octanol–water partition coefficient (Wildman–Crippen LogP) is 1.17. The number of aliphatic imine (C=N–C) groups is 1. The average Bonchev–Trinajstić information content (AvgIpc) is 2.38. The smallest absolute Gasteiger partial charge is 0.249 e. The number of hydrogen-bond acceptors (Lipinski definition) is 5. The number of hydrogen-bond donors (Lipinski definition) is 2. The van der Waals surface area contributed by atoms with Gasteiger partial charge in [0.1, 0.15) is 5.25 Å². The molecule has 1 heterocycles. The lowest BCUT2D eigenvalue weighted by Gasteiger charge is -2.17. The summed E-state index contributed by atoms with van der Waals surface area (Å²) in [4.78, 5) is 38.0. The SMILES string of the molecule is CC(=O)c1ccc(NC(=O)[C@H]2CC(=O)N=C(N)S2)cc1. The predicted molar refractivity (Wildman–Crippen MR) is 77.7 cm³/mol. The highest BCUT2D eigenvalue weighted by atomic mass is 32.2. The van der Waals surface area contributed by atoms with E-state index in [0.29, 0.717) is 11.3 Å². The van der Waals surface area contributed by atoms with Crippen molar-refractivity contribution in [3.8, 4) is 0 Å². The topological polar surface area (TPSA) is 102 Å². The minimum absolute atomic E-state index is 0.0305. The molecular formula is C13H13N3O3S. The first-order valence-corrected chi connectivity index (χ1v) is 6.79. The van der Waals surface area contributed by atoms with Gasteiger partial charge in [-0.25, -0.2) is 0 Å². The van der Waals surface area contributed by atoms with Gasteiger partial charge in [0.05, 0.1) is 6.42 Å². The van der Waals surface area contributed by atoms with E-state index in [4.69, 9.17) is 5.73 Å². The molecule has 6 nitrogen and oxygen atoms in total. The Bertz CT molecular complexity index is 595. The normalized spacial score (nSPS) is 18.4. The van der Waals surface area contributed by atoms with E-state index in [1.165, 1.54) is 6.92 Å². The molecule has 0 aliphatic carbocycles. The van der Waals surface area contributed by atoms with Crippen molar-refractivity contribution in [3.63, 3.8) is 0 Å². The monoisotopic (exact) mass is 291 g/mol. The first-order valence-electron chi connectivity index (χ1n) is 5.91. The van der Waals surface area contributed by atoms with Crippen molar-refractivity contribution in [1.29, 1.82) is 0 Å². The number of ketones is 1. The lowest BCUT2D eigenvalue weighted by atomic mass is 10.1. The van der Waals surface area contributed by atoms with Crippen molar-refractivity contribution in [2.75, 3.05) is 5.32 Å². The number of thioether (sulfide) groups is 1. The van der Waals surface area contributed by atoms with Crippen LogP contribution in [0, 0.1) is 0 Å². The van der Waals surface area contributed by atoms with Gasteiger partial charge in [-0.1, -0.05) is 11.8 Å². The van der Waals surface area contributed by atoms with Crippen LogP contribution in [0.2, 0.25) is 0 Å². The third-order valence-electron chi connectivity index (χ3n) is 2.71. The lowest BCUT2D eigenvalue weighted by molar-refractivity contribution is -0.121. The number of nitrogens with one attached hydrogen (secondary N) is 1. The molecule has 20 heavy (non-hydrogen) atoms. The third kappa shape index (κ3) is 3.45. The highest BCUT2D eigenvalue weighted by Gasteiger charge is 2.27. The van der Waals surface area contributed by atoms with Gasteiger partial charge in [-0.3, -0.25) is 14.4 Å². The maximum atomic E-state index is 12.0. The Labute approximate surface area is 119 Å². The van der Waals surface area contributed by atoms with Crippen LogP contribution >= 0.6 is 11.8 Å². The average molecular weight is 291 g/mol. The maximum Gasteiger partial charge on any atom is 0.249 e. The van der Waals surface area contributed by atoms with Crippen molar-refractivity contribution < 1.29 is 14.4 Å². The summed E-state index contributed by atoms with van der Waals surface area (Å²) in [6, 6.07) is 6.54. The highest BCUT2D eigenvalue weighted by molar-refractivity contribution is 8.15. The van der Waals surface area contributed by atoms with Crippen LogP contribution in [-0.2, 0) is 9.59 Å². The largest absolute Gasteiger partial charge is 0.378 e. The molecule has 0 unspecified atom stereocenters. The molecule has 0 fully saturated rings. The van der Waals surface area contributed by atoms with Crippen molar-refractivity contribution in [3.05, 3.63) is 29.8 Å².